The van der Waals surface area contributed by atoms with Crippen LogP contribution in [0.3, 0.4) is 0 Å². The maximum atomic E-state index is 6.49. The number of aromatic nitrogens is 2. The minimum absolute atomic E-state index is 0.600. The first kappa shape index (κ1) is 21.3. The number of halogens is 1. The van der Waals surface area contributed by atoms with Crippen molar-refractivity contribution in [3.05, 3.63) is 76.7 Å². The molecule has 6 nitrogen and oxygen atoms in total. The Hall–Kier alpha value is -2.51. The Morgan fingerprint density at radius 2 is 1.72 bits per heavy atom. The number of nitrogen functional groups attached to an aromatic ring is 1. The van der Waals surface area contributed by atoms with Crippen molar-refractivity contribution < 1.29 is 0 Å². The summed E-state index contributed by atoms with van der Waals surface area (Å²) in [6.07, 6.45) is 4.91. The fourth-order valence-corrected chi connectivity index (χ4v) is 5.33. The fraction of sp³-hybridized carbons (Fsp3) is 0.360. The Morgan fingerprint density at radius 1 is 0.969 bits per heavy atom. The van der Waals surface area contributed by atoms with Gasteiger partial charge in [-0.05, 0) is 49.5 Å². The van der Waals surface area contributed by atoms with Crippen LogP contribution in [-0.2, 0) is 19.5 Å². The lowest BCUT2D eigenvalue weighted by atomic mass is 9.96. The van der Waals surface area contributed by atoms with Gasteiger partial charge >= 0.3 is 0 Å². The number of benzene rings is 2. The van der Waals surface area contributed by atoms with Gasteiger partial charge in [0.1, 0.15) is 12.1 Å². The predicted octanol–water partition coefficient (Wildman–Crippen LogP) is 4.11. The molecule has 0 spiro atoms. The van der Waals surface area contributed by atoms with E-state index >= 15 is 0 Å². The molecule has 5 rings (SSSR count). The molecular formula is C25H29ClN6. The summed E-state index contributed by atoms with van der Waals surface area (Å²) in [5.41, 5.74) is 8.67. The second-order valence-electron chi connectivity index (χ2n) is 8.66. The van der Waals surface area contributed by atoms with Gasteiger partial charge in [-0.25, -0.2) is 15.8 Å². The molecule has 166 valence electrons. The van der Waals surface area contributed by atoms with Crippen molar-refractivity contribution >= 4 is 17.4 Å². The van der Waals surface area contributed by atoms with E-state index in [0.717, 1.165) is 61.2 Å². The zero-order valence-electron chi connectivity index (χ0n) is 18.2. The summed E-state index contributed by atoms with van der Waals surface area (Å²) in [7, 11) is 0. The summed E-state index contributed by atoms with van der Waals surface area (Å²) < 4.78 is 0. The van der Waals surface area contributed by atoms with Crippen LogP contribution in [0, 0.1) is 0 Å². The highest BCUT2D eigenvalue weighted by molar-refractivity contribution is 6.33. The lowest BCUT2D eigenvalue weighted by Crippen LogP contribution is -2.46. The highest BCUT2D eigenvalue weighted by Gasteiger charge is 2.29. The van der Waals surface area contributed by atoms with Crippen LogP contribution in [0.4, 0.5) is 5.82 Å². The number of nitrogens with one attached hydrogen (secondary N) is 1. The van der Waals surface area contributed by atoms with Crippen LogP contribution in [0.15, 0.2) is 54.9 Å². The molecule has 3 heterocycles. The van der Waals surface area contributed by atoms with E-state index < -0.39 is 0 Å². The van der Waals surface area contributed by atoms with Crippen molar-refractivity contribution in [3.63, 3.8) is 0 Å². The molecule has 7 heteroatoms. The minimum Gasteiger partial charge on any atom is -0.308 e. The monoisotopic (exact) mass is 448 g/mol. The molecule has 1 fully saturated rings. The fourth-order valence-electron chi connectivity index (χ4n) is 5.09. The third kappa shape index (κ3) is 4.36. The molecule has 0 bridgehead atoms. The SMILES string of the molecule is NNc1ncnc2c1CCN(C1CCN(Cc3ccccc3-c3ccccc3Cl)CC1)C2. The van der Waals surface area contributed by atoms with Gasteiger partial charge in [0.15, 0.2) is 0 Å². The van der Waals surface area contributed by atoms with Gasteiger partial charge < -0.3 is 5.43 Å². The van der Waals surface area contributed by atoms with Gasteiger partial charge in [-0.15, -0.1) is 0 Å². The van der Waals surface area contributed by atoms with E-state index in [1.54, 1.807) is 6.33 Å². The number of fused-ring (bicyclic) bond motifs is 1. The van der Waals surface area contributed by atoms with Gasteiger partial charge in [0, 0.05) is 41.8 Å². The minimum atomic E-state index is 0.600. The maximum Gasteiger partial charge on any atom is 0.146 e. The second-order valence-corrected chi connectivity index (χ2v) is 9.06. The number of anilines is 1. The molecule has 32 heavy (non-hydrogen) atoms. The molecule has 0 aliphatic carbocycles. The Morgan fingerprint density at radius 3 is 2.50 bits per heavy atom. The van der Waals surface area contributed by atoms with Gasteiger partial charge in [-0.2, -0.15) is 0 Å². The number of likely N-dealkylation sites (tertiary alicyclic amines) is 1. The molecule has 3 N–H and O–H groups in total. The van der Waals surface area contributed by atoms with E-state index in [9.17, 15) is 0 Å². The summed E-state index contributed by atoms with van der Waals surface area (Å²) in [5.74, 6) is 6.38. The highest BCUT2D eigenvalue weighted by Crippen LogP contribution is 2.32. The van der Waals surface area contributed by atoms with E-state index in [1.165, 1.54) is 29.5 Å². The summed E-state index contributed by atoms with van der Waals surface area (Å²) in [4.78, 5) is 13.9. The molecule has 0 radical (unpaired) electrons. The summed E-state index contributed by atoms with van der Waals surface area (Å²) in [6, 6.07) is 17.3. The average Bonchev–Trinajstić information content (AvgIpc) is 2.84. The van der Waals surface area contributed by atoms with E-state index in [4.69, 9.17) is 17.4 Å². The first-order valence-corrected chi connectivity index (χ1v) is 11.7. The summed E-state index contributed by atoms with van der Waals surface area (Å²) in [5, 5.41) is 0.806. The Labute approximate surface area is 194 Å². The van der Waals surface area contributed by atoms with Crippen LogP contribution in [-0.4, -0.2) is 45.4 Å². The molecule has 3 aromatic rings. The lowest BCUT2D eigenvalue weighted by Gasteiger charge is -2.40. The second kappa shape index (κ2) is 9.55. The van der Waals surface area contributed by atoms with Gasteiger partial charge in [0.25, 0.3) is 0 Å². The van der Waals surface area contributed by atoms with Crippen LogP contribution in [0.25, 0.3) is 11.1 Å². The van der Waals surface area contributed by atoms with E-state index in [0.29, 0.717) is 6.04 Å². The summed E-state index contributed by atoms with van der Waals surface area (Å²) >= 11 is 6.49. The van der Waals surface area contributed by atoms with Crippen LogP contribution in [0.1, 0.15) is 29.7 Å². The molecule has 2 aliphatic heterocycles. The van der Waals surface area contributed by atoms with Crippen molar-refractivity contribution in [1.82, 2.24) is 19.8 Å². The van der Waals surface area contributed by atoms with Gasteiger partial charge in [0.05, 0.1) is 5.69 Å². The van der Waals surface area contributed by atoms with E-state index in [2.05, 4.69) is 61.6 Å². The molecule has 0 saturated carbocycles. The molecular weight excluding hydrogens is 420 g/mol. The first-order chi connectivity index (χ1) is 15.7. The number of nitrogens with zero attached hydrogens (tertiary/aromatic N) is 4. The van der Waals surface area contributed by atoms with Crippen molar-refractivity contribution in [2.75, 3.05) is 25.1 Å². The number of hydrogen-bond donors (Lipinski definition) is 2. The third-order valence-corrected chi connectivity index (χ3v) is 7.15. The van der Waals surface area contributed by atoms with Crippen LogP contribution < -0.4 is 11.3 Å². The first-order valence-electron chi connectivity index (χ1n) is 11.3. The number of hydrazine groups is 1. The number of rotatable bonds is 5. The smallest absolute Gasteiger partial charge is 0.146 e. The van der Waals surface area contributed by atoms with Crippen LogP contribution in [0.2, 0.25) is 5.02 Å². The van der Waals surface area contributed by atoms with E-state index in [-0.39, 0.29) is 0 Å². The zero-order valence-corrected chi connectivity index (χ0v) is 18.9. The van der Waals surface area contributed by atoms with Crippen LogP contribution >= 0.6 is 11.6 Å². The molecule has 0 amide bonds. The lowest BCUT2D eigenvalue weighted by molar-refractivity contribution is 0.0937. The largest absolute Gasteiger partial charge is 0.308 e. The quantitative estimate of drug-likeness (QED) is 0.452. The zero-order chi connectivity index (χ0) is 21.9. The molecule has 1 saturated heterocycles. The topological polar surface area (TPSA) is 70.3 Å². The third-order valence-electron chi connectivity index (χ3n) is 6.82. The highest BCUT2D eigenvalue weighted by atomic mass is 35.5. The van der Waals surface area contributed by atoms with Crippen LogP contribution in [0.5, 0.6) is 0 Å². The van der Waals surface area contributed by atoms with E-state index in [1.807, 2.05) is 12.1 Å². The normalized spacial score (nSPS) is 17.8. The molecule has 0 atom stereocenters. The average molecular weight is 449 g/mol. The molecule has 1 aromatic heterocycles. The number of piperidine rings is 1. The van der Waals surface area contributed by atoms with Gasteiger partial charge in [-0.1, -0.05) is 54.1 Å². The molecule has 2 aliphatic rings. The number of hydrogen-bond acceptors (Lipinski definition) is 6. The Bertz CT molecular complexity index is 1080. The van der Waals surface area contributed by atoms with Gasteiger partial charge in [-0.3, -0.25) is 9.80 Å². The van der Waals surface area contributed by atoms with Gasteiger partial charge in [0.2, 0.25) is 0 Å². The Balaban J connectivity index is 1.23. The number of nitrogens with two attached hydrogens (primary N) is 1. The molecule has 2 aromatic carbocycles. The van der Waals surface area contributed by atoms with Crippen molar-refractivity contribution in [2.45, 2.75) is 38.4 Å². The maximum absolute atomic E-state index is 6.49. The standard InChI is InChI=1S/C25H29ClN6/c26-23-8-4-3-7-21(23)20-6-2-1-5-18(20)15-31-12-9-19(10-13-31)32-14-11-22-24(16-32)28-17-29-25(22)30-27/h1-8,17,19H,9-16,27H2,(H,28,29,30). The van der Waals surface area contributed by atoms with Crippen molar-refractivity contribution in [2.24, 2.45) is 5.84 Å². The van der Waals surface area contributed by atoms with Crippen molar-refractivity contribution in [1.29, 1.82) is 0 Å². The van der Waals surface area contributed by atoms with Crippen molar-refractivity contribution in [3.8, 4) is 11.1 Å². The summed E-state index contributed by atoms with van der Waals surface area (Å²) in [6.45, 7) is 5.08. The predicted molar refractivity (Wildman–Crippen MR) is 129 cm³/mol. The Kier molecular flexibility index (Phi) is 6.37. The molecule has 0 unspecified atom stereocenters.